The first kappa shape index (κ1) is 23.0. The van der Waals surface area contributed by atoms with Crippen LogP contribution in [0, 0.1) is 11.3 Å². The topological polar surface area (TPSA) is 68.7 Å². The van der Waals surface area contributed by atoms with Gasteiger partial charge in [-0.2, -0.15) is 10.2 Å². The molecule has 41 heavy (non-hydrogen) atoms. The second-order valence-electron chi connectivity index (χ2n) is 9.82. The van der Waals surface area contributed by atoms with Gasteiger partial charge in [0.05, 0.1) is 27.6 Å². The van der Waals surface area contributed by atoms with E-state index in [0.717, 1.165) is 55.2 Å². The van der Waals surface area contributed by atoms with Crippen LogP contribution in [0.5, 0.6) is 11.6 Å². The molecule has 192 valence electrons. The number of rotatable bonds is 4. The SMILES string of the molecule is N#Cc1cc2c3ccccc3n(-c3ccccn3)c2cc1Oc1cccc(-n2c3ccccc3c3ccccc32)n1. The molecule has 0 aliphatic heterocycles. The lowest BCUT2D eigenvalue weighted by atomic mass is 10.1. The zero-order valence-electron chi connectivity index (χ0n) is 21.8. The Hall–Kier alpha value is -5.93. The van der Waals surface area contributed by atoms with E-state index in [2.05, 4.69) is 68.7 Å². The molecule has 8 rings (SSSR count). The average Bonchev–Trinajstić information content (AvgIpc) is 3.54. The quantitative estimate of drug-likeness (QED) is 0.231. The van der Waals surface area contributed by atoms with E-state index in [-0.39, 0.29) is 0 Å². The Kier molecular flexibility index (Phi) is 5.09. The predicted molar refractivity (Wildman–Crippen MR) is 162 cm³/mol. The van der Waals surface area contributed by atoms with E-state index < -0.39 is 0 Å². The number of fused-ring (bicyclic) bond motifs is 6. The first-order chi connectivity index (χ1) is 20.3. The molecule has 0 radical (unpaired) electrons. The maximum absolute atomic E-state index is 10.1. The van der Waals surface area contributed by atoms with Gasteiger partial charge in [0.2, 0.25) is 5.88 Å². The molecule has 0 aliphatic rings. The summed E-state index contributed by atoms with van der Waals surface area (Å²) in [4.78, 5) is 9.51. The van der Waals surface area contributed by atoms with Crippen LogP contribution in [0.3, 0.4) is 0 Å². The van der Waals surface area contributed by atoms with Gasteiger partial charge in [-0.25, -0.2) is 4.98 Å². The molecule has 8 aromatic rings. The van der Waals surface area contributed by atoms with Gasteiger partial charge in [-0.15, -0.1) is 0 Å². The van der Waals surface area contributed by atoms with E-state index in [1.807, 2.05) is 72.8 Å². The normalized spacial score (nSPS) is 11.4. The van der Waals surface area contributed by atoms with E-state index in [0.29, 0.717) is 17.2 Å². The summed E-state index contributed by atoms with van der Waals surface area (Å²) >= 11 is 0. The van der Waals surface area contributed by atoms with Gasteiger partial charge in [-0.1, -0.05) is 66.7 Å². The van der Waals surface area contributed by atoms with Crippen molar-refractivity contribution < 1.29 is 4.74 Å². The van der Waals surface area contributed by atoms with E-state index in [1.54, 1.807) is 6.20 Å². The van der Waals surface area contributed by atoms with Crippen molar-refractivity contribution in [1.82, 2.24) is 19.1 Å². The van der Waals surface area contributed by atoms with Crippen LogP contribution in [-0.2, 0) is 0 Å². The highest BCUT2D eigenvalue weighted by molar-refractivity contribution is 6.10. The molecule has 0 fully saturated rings. The van der Waals surface area contributed by atoms with Crippen LogP contribution in [0.4, 0.5) is 0 Å². The van der Waals surface area contributed by atoms with E-state index >= 15 is 0 Å². The molecule has 4 heterocycles. The highest BCUT2D eigenvalue weighted by atomic mass is 16.5. The van der Waals surface area contributed by atoms with Crippen molar-refractivity contribution in [2.24, 2.45) is 0 Å². The van der Waals surface area contributed by atoms with Gasteiger partial charge < -0.3 is 4.74 Å². The molecule has 0 spiro atoms. The Morgan fingerprint density at radius 3 is 1.78 bits per heavy atom. The van der Waals surface area contributed by atoms with Crippen molar-refractivity contribution in [2.45, 2.75) is 0 Å². The number of pyridine rings is 2. The van der Waals surface area contributed by atoms with Crippen molar-refractivity contribution in [2.75, 3.05) is 0 Å². The second-order valence-corrected chi connectivity index (χ2v) is 9.82. The third-order valence-corrected chi connectivity index (χ3v) is 7.51. The second kappa shape index (κ2) is 9.08. The van der Waals surface area contributed by atoms with Crippen molar-refractivity contribution in [3.8, 4) is 29.3 Å². The van der Waals surface area contributed by atoms with E-state index in [1.165, 1.54) is 0 Å². The van der Waals surface area contributed by atoms with Gasteiger partial charge in [0.15, 0.2) is 0 Å². The molecule has 0 unspecified atom stereocenters. The van der Waals surface area contributed by atoms with Gasteiger partial charge in [0.25, 0.3) is 0 Å². The summed E-state index contributed by atoms with van der Waals surface area (Å²) in [7, 11) is 0. The fourth-order valence-corrected chi connectivity index (χ4v) is 5.77. The molecule has 4 aromatic heterocycles. The fourth-order valence-electron chi connectivity index (χ4n) is 5.77. The molecule has 0 saturated heterocycles. The number of benzene rings is 4. The van der Waals surface area contributed by atoms with Crippen LogP contribution in [0.1, 0.15) is 5.56 Å². The number of hydrogen-bond donors (Lipinski definition) is 0. The van der Waals surface area contributed by atoms with Crippen LogP contribution in [0.2, 0.25) is 0 Å². The first-order valence-electron chi connectivity index (χ1n) is 13.3. The van der Waals surface area contributed by atoms with Crippen molar-refractivity contribution in [1.29, 1.82) is 5.26 Å². The molecule has 0 amide bonds. The van der Waals surface area contributed by atoms with Crippen LogP contribution < -0.4 is 4.74 Å². The highest BCUT2D eigenvalue weighted by Gasteiger charge is 2.18. The number of nitrogens with zero attached hydrogens (tertiary/aromatic N) is 5. The number of hydrogen-bond acceptors (Lipinski definition) is 4. The Morgan fingerprint density at radius 2 is 1.15 bits per heavy atom. The summed E-state index contributed by atoms with van der Waals surface area (Å²) in [6.07, 6.45) is 1.78. The smallest absolute Gasteiger partial charge is 0.221 e. The lowest BCUT2D eigenvalue weighted by molar-refractivity contribution is 0.461. The molecular weight excluding hydrogens is 506 g/mol. The molecule has 0 saturated carbocycles. The monoisotopic (exact) mass is 527 g/mol. The summed E-state index contributed by atoms with van der Waals surface area (Å²) in [6, 6.07) is 42.5. The maximum Gasteiger partial charge on any atom is 0.221 e. The minimum Gasteiger partial charge on any atom is -0.437 e. The van der Waals surface area contributed by atoms with Gasteiger partial charge in [0, 0.05) is 39.9 Å². The number of aromatic nitrogens is 4. The maximum atomic E-state index is 10.1. The Morgan fingerprint density at radius 1 is 0.561 bits per heavy atom. The minimum atomic E-state index is 0.403. The molecule has 0 aliphatic carbocycles. The van der Waals surface area contributed by atoms with Crippen LogP contribution >= 0.6 is 0 Å². The molecular formula is C35H21N5O. The van der Waals surface area contributed by atoms with Crippen LogP contribution in [0.15, 0.2) is 128 Å². The van der Waals surface area contributed by atoms with Gasteiger partial charge in [-0.05, 0) is 42.5 Å². The third-order valence-electron chi connectivity index (χ3n) is 7.51. The standard InChI is InChI=1S/C35H21N5O/c36-22-23-20-27-26-12-3-6-15-30(26)40(33-16-7-8-19-37-33)31(27)21-32(23)41-35-18-9-17-34(38-35)39-28-13-4-1-10-24(28)25-11-2-5-14-29(25)39/h1-21H. The summed E-state index contributed by atoms with van der Waals surface area (Å²) < 4.78 is 10.6. The zero-order chi connectivity index (χ0) is 27.3. The molecule has 0 atom stereocenters. The Balaban J connectivity index is 1.30. The van der Waals surface area contributed by atoms with Crippen molar-refractivity contribution in [3.05, 3.63) is 133 Å². The molecule has 4 aromatic carbocycles. The third kappa shape index (κ3) is 3.57. The van der Waals surface area contributed by atoms with Crippen LogP contribution in [-0.4, -0.2) is 19.1 Å². The van der Waals surface area contributed by atoms with E-state index in [9.17, 15) is 5.26 Å². The lowest BCUT2D eigenvalue weighted by Gasteiger charge is -2.12. The molecule has 0 N–H and O–H groups in total. The molecule has 6 heteroatoms. The van der Waals surface area contributed by atoms with Crippen LogP contribution in [0.25, 0.3) is 55.2 Å². The number of ether oxygens (including phenoxy) is 1. The fraction of sp³-hybridized carbons (Fsp3) is 0. The Bertz CT molecular complexity index is 2250. The summed E-state index contributed by atoms with van der Waals surface area (Å²) in [6.45, 7) is 0. The highest BCUT2D eigenvalue weighted by Crippen LogP contribution is 2.37. The molecule has 6 nitrogen and oxygen atoms in total. The molecule has 0 bridgehead atoms. The first-order valence-corrected chi connectivity index (χ1v) is 13.3. The van der Waals surface area contributed by atoms with E-state index in [4.69, 9.17) is 9.72 Å². The van der Waals surface area contributed by atoms with Gasteiger partial charge >= 0.3 is 0 Å². The average molecular weight is 528 g/mol. The lowest BCUT2D eigenvalue weighted by Crippen LogP contribution is -2.00. The van der Waals surface area contributed by atoms with Gasteiger partial charge in [-0.3, -0.25) is 9.13 Å². The summed E-state index contributed by atoms with van der Waals surface area (Å²) in [5.41, 5.74) is 4.48. The number of para-hydroxylation sites is 3. The number of nitriles is 1. The zero-order valence-corrected chi connectivity index (χ0v) is 21.8. The van der Waals surface area contributed by atoms with Crippen molar-refractivity contribution in [3.63, 3.8) is 0 Å². The summed E-state index contributed by atoms with van der Waals surface area (Å²) in [5.74, 6) is 2.37. The predicted octanol–water partition coefficient (Wildman–Crippen LogP) is 8.33. The summed E-state index contributed by atoms with van der Waals surface area (Å²) in [5, 5.41) is 14.4. The largest absolute Gasteiger partial charge is 0.437 e. The Labute approximate surface area is 234 Å². The van der Waals surface area contributed by atoms with Crippen molar-refractivity contribution >= 4 is 43.6 Å². The van der Waals surface area contributed by atoms with Gasteiger partial charge in [0.1, 0.15) is 23.5 Å². The minimum absolute atomic E-state index is 0.403.